The van der Waals surface area contributed by atoms with Gasteiger partial charge in [0.15, 0.2) is 0 Å². The summed E-state index contributed by atoms with van der Waals surface area (Å²) in [5.74, 6) is -0.818. The number of benzene rings is 2. The Kier molecular flexibility index (Phi) is 5.59. The van der Waals surface area contributed by atoms with Crippen molar-refractivity contribution in [3.63, 3.8) is 0 Å². The third-order valence-electron chi connectivity index (χ3n) is 3.95. The lowest BCUT2D eigenvalue weighted by atomic mass is 10.1. The van der Waals surface area contributed by atoms with Crippen molar-refractivity contribution in [1.82, 2.24) is 5.32 Å². The summed E-state index contributed by atoms with van der Waals surface area (Å²) >= 11 is 0. The van der Waals surface area contributed by atoms with Crippen LogP contribution in [-0.2, 0) is 16.1 Å². The summed E-state index contributed by atoms with van der Waals surface area (Å²) in [7, 11) is 1.45. The van der Waals surface area contributed by atoms with Gasteiger partial charge in [-0.05, 0) is 24.3 Å². The van der Waals surface area contributed by atoms with Gasteiger partial charge in [0.1, 0.15) is 30.2 Å². The zero-order valence-electron chi connectivity index (χ0n) is 14.9. The zero-order chi connectivity index (χ0) is 20.1. The molecule has 144 valence electrons. The number of phenols is 1. The molecule has 3 aromatic rings. The lowest BCUT2D eigenvalue weighted by Crippen LogP contribution is -2.30. The van der Waals surface area contributed by atoms with E-state index in [4.69, 9.17) is 13.9 Å². The molecule has 0 aliphatic heterocycles. The summed E-state index contributed by atoms with van der Waals surface area (Å²) < 4.78 is 15.3. The fraction of sp³-hybridized carbons (Fsp3) is 0.150. The standard InChI is InChI=1S/C20H17NO7/c1-26-16-5-3-2-4-15(16)20(25)21-10-19(24)27-11-12-8-18(23)28-17-9-13(22)6-7-14(12)17/h2-9,22H,10-11H2,1H3,(H,21,25). The van der Waals surface area contributed by atoms with Crippen molar-refractivity contribution < 1.29 is 28.6 Å². The summed E-state index contributed by atoms with van der Waals surface area (Å²) in [6.45, 7) is -0.534. The average Bonchev–Trinajstić information content (AvgIpc) is 2.69. The van der Waals surface area contributed by atoms with E-state index in [-0.39, 0.29) is 24.5 Å². The lowest BCUT2D eigenvalue weighted by molar-refractivity contribution is -0.143. The Balaban J connectivity index is 1.63. The summed E-state index contributed by atoms with van der Waals surface area (Å²) in [5.41, 5.74) is 0.275. The van der Waals surface area contributed by atoms with Crippen molar-refractivity contribution >= 4 is 22.8 Å². The van der Waals surface area contributed by atoms with Gasteiger partial charge >= 0.3 is 11.6 Å². The van der Waals surface area contributed by atoms with Crippen molar-refractivity contribution in [2.45, 2.75) is 6.61 Å². The highest BCUT2D eigenvalue weighted by atomic mass is 16.5. The summed E-state index contributed by atoms with van der Waals surface area (Å²) in [6, 6.07) is 12.1. The van der Waals surface area contributed by atoms with Crippen LogP contribution in [0.2, 0.25) is 0 Å². The van der Waals surface area contributed by atoms with E-state index >= 15 is 0 Å². The second-order valence-electron chi connectivity index (χ2n) is 5.81. The quantitative estimate of drug-likeness (QED) is 0.494. The predicted octanol–water partition coefficient (Wildman–Crippen LogP) is 1.98. The summed E-state index contributed by atoms with van der Waals surface area (Å²) in [5, 5.41) is 12.5. The van der Waals surface area contributed by atoms with Gasteiger partial charge in [-0.15, -0.1) is 0 Å². The second kappa shape index (κ2) is 8.26. The van der Waals surface area contributed by atoms with Crippen LogP contribution in [0.3, 0.4) is 0 Å². The number of ether oxygens (including phenoxy) is 2. The molecule has 0 fully saturated rings. The fourth-order valence-corrected chi connectivity index (χ4v) is 2.63. The number of rotatable bonds is 6. The van der Waals surface area contributed by atoms with Gasteiger partial charge in [0.25, 0.3) is 5.91 Å². The van der Waals surface area contributed by atoms with E-state index in [0.29, 0.717) is 22.3 Å². The van der Waals surface area contributed by atoms with Gasteiger partial charge < -0.3 is 24.3 Å². The molecule has 0 saturated carbocycles. The van der Waals surface area contributed by atoms with Crippen molar-refractivity contribution in [2.24, 2.45) is 0 Å². The summed E-state index contributed by atoms with van der Waals surface area (Å²) in [4.78, 5) is 35.8. The van der Waals surface area contributed by atoms with E-state index in [1.807, 2.05) is 0 Å². The summed E-state index contributed by atoms with van der Waals surface area (Å²) in [6.07, 6.45) is 0. The molecule has 2 N–H and O–H groups in total. The first kappa shape index (κ1) is 19.0. The van der Waals surface area contributed by atoms with Crippen LogP contribution >= 0.6 is 0 Å². The third kappa shape index (κ3) is 4.29. The molecular formula is C20H17NO7. The van der Waals surface area contributed by atoms with Gasteiger partial charge in [-0.25, -0.2) is 4.79 Å². The Bertz CT molecular complexity index is 1090. The third-order valence-corrected chi connectivity index (χ3v) is 3.95. The number of esters is 1. The van der Waals surface area contributed by atoms with Gasteiger partial charge in [-0.1, -0.05) is 12.1 Å². The molecular weight excluding hydrogens is 366 g/mol. The largest absolute Gasteiger partial charge is 0.508 e. The van der Waals surface area contributed by atoms with Crippen LogP contribution in [-0.4, -0.2) is 30.6 Å². The van der Waals surface area contributed by atoms with Crippen molar-refractivity contribution in [1.29, 1.82) is 0 Å². The Labute approximate surface area is 159 Å². The van der Waals surface area contributed by atoms with Crippen LogP contribution in [0.15, 0.2) is 57.7 Å². The average molecular weight is 383 g/mol. The number of hydrogen-bond acceptors (Lipinski definition) is 7. The number of carbonyl (C=O) groups excluding carboxylic acids is 2. The highest BCUT2D eigenvalue weighted by Crippen LogP contribution is 2.22. The minimum atomic E-state index is -0.677. The van der Waals surface area contributed by atoms with Crippen LogP contribution in [0, 0.1) is 0 Å². The van der Waals surface area contributed by atoms with Gasteiger partial charge in [0.2, 0.25) is 0 Å². The zero-order valence-corrected chi connectivity index (χ0v) is 14.9. The molecule has 2 aromatic carbocycles. The molecule has 0 aliphatic rings. The van der Waals surface area contributed by atoms with Gasteiger partial charge in [0.05, 0.1) is 12.7 Å². The molecule has 28 heavy (non-hydrogen) atoms. The normalized spacial score (nSPS) is 10.5. The molecule has 0 aliphatic carbocycles. The number of methoxy groups -OCH3 is 1. The second-order valence-corrected chi connectivity index (χ2v) is 5.81. The Hall–Kier alpha value is -3.81. The van der Waals surface area contributed by atoms with E-state index in [0.717, 1.165) is 0 Å². The number of para-hydroxylation sites is 1. The Morgan fingerprint density at radius 3 is 2.71 bits per heavy atom. The Morgan fingerprint density at radius 1 is 1.14 bits per heavy atom. The van der Waals surface area contributed by atoms with Crippen molar-refractivity contribution in [3.8, 4) is 11.5 Å². The van der Waals surface area contributed by atoms with Crippen LogP contribution in [0.5, 0.6) is 11.5 Å². The fourth-order valence-electron chi connectivity index (χ4n) is 2.63. The number of carbonyl (C=O) groups is 2. The van der Waals surface area contributed by atoms with Gasteiger partial charge in [-0.3, -0.25) is 9.59 Å². The molecule has 0 atom stereocenters. The first-order valence-electron chi connectivity index (χ1n) is 8.30. The van der Waals surface area contributed by atoms with E-state index in [9.17, 15) is 19.5 Å². The molecule has 1 heterocycles. The van der Waals surface area contributed by atoms with Crippen LogP contribution in [0.1, 0.15) is 15.9 Å². The SMILES string of the molecule is COc1ccccc1C(=O)NCC(=O)OCc1cc(=O)oc2cc(O)ccc12. The highest BCUT2D eigenvalue weighted by Gasteiger charge is 2.14. The smallest absolute Gasteiger partial charge is 0.336 e. The molecule has 0 saturated heterocycles. The predicted molar refractivity (Wildman–Crippen MR) is 99.3 cm³/mol. The molecule has 8 nitrogen and oxygen atoms in total. The van der Waals surface area contributed by atoms with E-state index in [1.54, 1.807) is 30.3 Å². The van der Waals surface area contributed by atoms with Crippen molar-refractivity contribution in [3.05, 3.63) is 70.1 Å². The van der Waals surface area contributed by atoms with Gasteiger partial charge in [0, 0.05) is 23.1 Å². The number of phenolic OH excluding ortho intramolecular Hbond substituents is 1. The van der Waals surface area contributed by atoms with Crippen molar-refractivity contribution in [2.75, 3.05) is 13.7 Å². The molecule has 0 bridgehead atoms. The molecule has 1 amide bonds. The lowest BCUT2D eigenvalue weighted by Gasteiger charge is -2.10. The van der Waals surface area contributed by atoms with Crippen LogP contribution < -0.4 is 15.7 Å². The number of aromatic hydroxyl groups is 1. The number of hydrogen-bond donors (Lipinski definition) is 2. The number of fused-ring (bicyclic) bond motifs is 1. The molecule has 1 aromatic heterocycles. The van der Waals surface area contributed by atoms with E-state index in [2.05, 4.69) is 5.32 Å². The first-order valence-corrected chi connectivity index (χ1v) is 8.30. The molecule has 0 spiro atoms. The minimum Gasteiger partial charge on any atom is -0.508 e. The number of nitrogens with one attached hydrogen (secondary N) is 1. The van der Waals surface area contributed by atoms with E-state index in [1.165, 1.54) is 25.3 Å². The van der Waals surface area contributed by atoms with E-state index < -0.39 is 17.5 Å². The topological polar surface area (TPSA) is 115 Å². The molecule has 3 rings (SSSR count). The molecule has 8 heteroatoms. The van der Waals surface area contributed by atoms with Gasteiger partial charge in [-0.2, -0.15) is 0 Å². The van der Waals surface area contributed by atoms with Crippen LogP contribution in [0.4, 0.5) is 0 Å². The monoisotopic (exact) mass is 383 g/mol. The molecule has 0 radical (unpaired) electrons. The minimum absolute atomic E-state index is 0.0520. The highest BCUT2D eigenvalue weighted by molar-refractivity contribution is 5.98. The van der Waals surface area contributed by atoms with Crippen LogP contribution in [0.25, 0.3) is 11.0 Å². The number of amides is 1. The maximum atomic E-state index is 12.2. The maximum absolute atomic E-state index is 12.2. The molecule has 0 unspecified atom stereocenters. The Morgan fingerprint density at radius 2 is 1.93 bits per heavy atom. The first-order chi connectivity index (χ1) is 13.5. The maximum Gasteiger partial charge on any atom is 0.336 e.